The highest BCUT2D eigenvalue weighted by atomic mass is 16.5. The van der Waals surface area contributed by atoms with Gasteiger partial charge in [-0.15, -0.1) is 0 Å². The number of fused-ring (bicyclic) bond motifs is 2. The van der Waals surface area contributed by atoms with Crippen LogP contribution in [0.2, 0.25) is 0 Å². The molecule has 1 amide bonds. The Hall–Kier alpha value is -3.22. The highest BCUT2D eigenvalue weighted by Gasteiger charge is 2.19. The van der Waals surface area contributed by atoms with E-state index < -0.39 is 0 Å². The SMILES string of the molecule is CN1CCOc2ccc(C(=O)Nc3ccc4oc(N5CCCC5)nc4c3)cc21. The van der Waals surface area contributed by atoms with Gasteiger partial charge in [0.2, 0.25) is 0 Å². The van der Waals surface area contributed by atoms with Crippen LogP contribution >= 0.6 is 0 Å². The van der Waals surface area contributed by atoms with Crippen molar-refractivity contribution in [2.24, 2.45) is 0 Å². The average Bonchev–Trinajstić information content (AvgIpc) is 3.37. The number of nitrogens with one attached hydrogen (secondary N) is 1. The second-order valence-electron chi connectivity index (χ2n) is 7.28. The van der Waals surface area contributed by atoms with Crippen LogP contribution in [0, 0.1) is 0 Å². The smallest absolute Gasteiger partial charge is 0.298 e. The summed E-state index contributed by atoms with van der Waals surface area (Å²) in [6.07, 6.45) is 2.34. The minimum Gasteiger partial charge on any atom is -0.490 e. The van der Waals surface area contributed by atoms with Crippen molar-refractivity contribution >= 4 is 34.4 Å². The Balaban J connectivity index is 1.37. The molecule has 0 bridgehead atoms. The number of likely N-dealkylation sites (N-methyl/N-ethyl adjacent to an activating group) is 1. The third kappa shape index (κ3) is 3.02. The zero-order chi connectivity index (χ0) is 19.1. The summed E-state index contributed by atoms with van der Waals surface area (Å²) in [6, 6.07) is 11.7. The largest absolute Gasteiger partial charge is 0.490 e. The van der Waals surface area contributed by atoms with Crippen molar-refractivity contribution in [1.82, 2.24) is 4.98 Å². The summed E-state index contributed by atoms with van der Waals surface area (Å²) in [7, 11) is 2.00. The monoisotopic (exact) mass is 378 g/mol. The number of carbonyl (C=O) groups is 1. The van der Waals surface area contributed by atoms with Crippen molar-refractivity contribution in [1.29, 1.82) is 0 Å². The number of oxazole rings is 1. The van der Waals surface area contributed by atoms with Gasteiger partial charge < -0.3 is 24.3 Å². The van der Waals surface area contributed by atoms with Gasteiger partial charge in [-0.2, -0.15) is 4.98 Å². The fraction of sp³-hybridized carbons (Fsp3) is 0.333. The number of ether oxygens (including phenoxy) is 1. The molecule has 2 aromatic carbocycles. The molecule has 2 aliphatic heterocycles. The number of rotatable bonds is 3. The molecule has 5 rings (SSSR count). The topological polar surface area (TPSA) is 70.8 Å². The summed E-state index contributed by atoms with van der Waals surface area (Å²) in [4.78, 5) is 21.6. The number of nitrogens with zero attached hydrogens (tertiary/aromatic N) is 3. The van der Waals surface area contributed by atoms with E-state index in [9.17, 15) is 4.79 Å². The van der Waals surface area contributed by atoms with E-state index in [4.69, 9.17) is 9.15 Å². The van der Waals surface area contributed by atoms with Crippen molar-refractivity contribution in [2.45, 2.75) is 12.8 Å². The molecule has 3 aromatic rings. The van der Waals surface area contributed by atoms with Gasteiger partial charge in [-0.05, 0) is 49.2 Å². The molecule has 1 fully saturated rings. The molecule has 0 atom stereocenters. The first-order valence-corrected chi connectivity index (χ1v) is 9.62. The lowest BCUT2D eigenvalue weighted by atomic mass is 10.1. The number of hydrogen-bond donors (Lipinski definition) is 1. The highest BCUT2D eigenvalue weighted by Crippen LogP contribution is 2.32. The van der Waals surface area contributed by atoms with Gasteiger partial charge in [0.25, 0.3) is 11.9 Å². The van der Waals surface area contributed by atoms with Crippen molar-refractivity contribution in [3.8, 4) is 5.75 Å². The minimum atomic E-state index is -0.163. The number of carbonyl (C=O) groups excluding carboxylic acids is 1. The summed E-state index contributed by atoms with van der Waals surface area (Å²) in [5.41, 5.74) is 3.70. The summed E-state index contributed by atoms with van der Waals surface area (Å²) in [5, 5.41) is 2.96. The van der Waals surface area contributed by atoms with Crippen LogP contribution in [0.3, 0.4) is 0 Å². The fourth-order valence-electron chi connectivity index (χ4n) is 3.73. The van der Waals surface area contributed by atoms with E-state index in [2.05, 4.69) is 20.1 Å². The Morgan fingerprint density at radius 3 is 2.82 bits per heavy atom. The molecule has 0 radical (unpaired) electrons. The van der Waals surface area contributed by atoms with Crippen LogP contribution in [0.5, 0.6) is 5.75 Å². The molecular formula is C21H22N4O3. The molecule has 0 spiro atoms. The lowest BCUT2D eigenvalue weighted by Gasteiger charge is -2.27. The van der Waals surface area contributed by atoms with Crippen molar-refractivity contribution in [3.63, 3.8) is 0 Å². The van der Waals surface area contributed by atoms with E-state index in [1.54, 1.807) is 6.07 Å². The molecule has 28 heavy (non-hydrogen) atoms. The molecule has 144 valence electrons. The molecule has 7 nitrogen and oxygen atoms in total. The second-order valence-corrected chi connectivity index (χ2v) is 7.28. The maximum Gasteiger partial charge on any atom is 0.298 e. The van der Waals surface area contributed by atoms with Crippen molar-refractivity contribution in [3.05, 3.63) is 42.0 Å². The van der Waals surface area contributed by atoms with Crippen molar-refractivity contribution in [2.75, 3.05) is 48.4 Å². The van der Waals surface area contributed by atoms with Gasteiger partial charge in [-0.3, -0.25) is 4.79 Å². The molecule has 1 saturated heterocycles. The van der Waals surface area contributed by atoms with Crippen molar-refractivity contribution < 1.29 is 13.9 Å². The maximum absolute atomic E-state index is 12.7. The van der Waals surface area contributed by atoms with E-state index in [1.165, 1.54) is 12.8 Å². The lowest BCUT2D eigenvalue weighted by Crippen LogP contribution is -2.29. The zero-order valence-electron chi connectivity index (χ0n) is 15.8. The van der Waals surface area contributed by atoms with Gasteiger partial charge in [-0.1, -0.05) is 0 Å². The van der Waals surface area contributed by atoms with Crippen LogP contribution in [0.1, 0.15) is 23.2 Å². The number of amides is 1. The maximum atomic E-state index is 12.7. The minimum absolute atomic E-state index is 0.163. The Labute approximate surface area is 162 Å². The number of anilines is 3. The molecule has 3 heterocycles. The van der Waals surface area contributed by atoms with Crippen LogP contribution < -0.4 is 19.9 Å². The lowest BCUT2D eigenvalue weighted by molar-refractivity contribution is 0.102. The summed E-state index contributed by atoms with van der Waals surface area (Å²) >= 11 is 0. The third-order valence-electron chi connectivity index (χ3n) is 5.33. The van der Waals surface area contributed by atoms with Gasteiger partial charge in [0.1, 0.15) is 17.9 Å². The summed E-state index contributed by atoms with van der Waals surface area (Å²) < 4.78 is 11.5. The summed E-state index contributed by atoms with van der Waals surface area (Å²) in [6.45, 7) is 3.42. The number of hydrogen-bond acceptors (Lipinski definition) is 6. The highest BCUT2D eigenvalue weighted by molar-refractivity contribution is 6.05. The fourth-order valence-corrected chi connectivity index (χ4v) is 3.73. The van der Waals surface area contributed by atoms with Crippen LogP contribution in [-0.4, -0.2) is 44.2 Å². The first-order valence-electron chi connectivity index (χ1n) is 9.62. The van der Waals surface area contributed by atoms with Crippen LogP contribution in [0.25, 0.3) is 11.1 Å². The molecule has 1 aromatic heterocycles. The Morgan fingerprint density at radius 1 is 1.11 bits per heavy atom. The van der Waals surface area contributed by atoms with Gasteiger partial charge in [-0.25, -0.2) is 0 Å². The molecule has 7 heteroatoms. The van der Waals surface area contributed by atoms with Gasteiger partial charge in [0.05, 0.1) is 12.2 Å². The Morgan fingerprint density at radius 2 is 1.96 bits per heavy atom. The van der Waals surface area contributed by atoms with Crippen LogP contribution in [-0.2, 0) is 0 Å². The standard InChI is InChI=1S/C21H22N4O3/c1-24-10-11-27-19-6-4-14(12-17(19)24)20(26)22-15-5-7-18-16(13-15)23-21(28-18)25-8-2-3-9-25/h4-7,12-13H,2-3,8-11H2,1H3,(H,22,26). The molecule has 0 saturated carbocycles. The Kier molecular flexibility index (Phi) is 4.07. The predicted molar refractivity (Wildman–Crippen MR) is 109 cm³/mol. The van der Waals surface area contributed by atoms with E-state index in [0.717, 1.165) is 42.2 Å². The predicted octanol–water partition coefficient (Wildman–Crippen LogP) is 3.51. The molecular weight excluding hydrogens is 356 g/mol. The average molecular weight is 378 g/mol. The van der Waals surface area contributed by atoms with Crippen LogP contribution in [0.15, 0.2) is 40.8 Å². The Bertz CT molecular complexity index is 1040. The normalized spacial score (nSPS) is 16.2. The van der Waals surface area contributed by atoms with Gasteiger partial charge in [0.15, 0.2) is 5.58 Å². The zero-order valence-corrected chi connectivity index (χ0v) is 15.8. The third-order valence-corrected chi connectivity index (χ3v) is 5.33. The molecule has 2 aliphatic rings. The van der Waals surface area contributed by atoms with E-state index in [-0.39, 0.29) is 5.91 Å². The molecule has 0 unspecified atom stereocenters. The van der Waals surface area contributed by atoms with E-state index in [1.807, 2.05) is 37.4 Å². The van der Waals surface area contributed by atoms with Crippen LogP contribution in [0.4, 0.5) is 17.4 Å². The quantitative estimate of drug-likeness (QED) is 0.752. The second kappa shape index (κ2) is 6.74. The summed E-state index contributed by atoms with van der Waals surface area (Å²) in [5.74, 6) is 0.646. The van der Waals surface area contributed by atoms with E-state index in [0.29, 0.717) is 23.9 Å². The molecule has 0 aliphatic carbocycles. The molecule has 1 N–H and O–H groups in total. The van der Waals surface area contributed by atoms with Gasteiger partial charge in [0, 0.05) is 31.4 Å². The number of aromatic nitrogens is 1. The van der Waals surface area contributed by atoms with E-state index >= 15 is 0 Å². The first-order chi connectivity index (χ1) is 13.7. The van der Waals surface area contributed by atoms with Gasteiger partial charge >= 0.3 is 0 Å². The first kappa shape index (κ1) is 16.9. The number of benzene rings is 2.